The molecule has 1 unspecified atom stereocenters. The zero-order valence-corrected chi connectivity index (χ0v) is 17.6. The molecule has 0 aliphatic rings. The van der Waals surface area contributed by atoms with Gasteiger partial charge in [0, 0.05) is 16.5 Å². The van der Waals surface area contributed by atoms with Crippen LogP contribution in [-0.4, -0.2) is 19.2 Å². The van der Waals surface area contributed by atoms with Gasteiger partial charge in [0.05, 0.1) is 6.61 Å². The van der Waals surface area contributed by atoms with E-state index in [1.807, 2.05) is 0 Å². The van der Waals surface area contributed by atoms with Crippen LogP contribution in [0.15, 0.2) is 89.8 Å². The first kappa shape index (κ1) is 22.2. The Hall–Kier alpha value is -2.12. The molecule has 3 rings (SSSR count). The maximum Gasteiger partial charge on any atom is 0.217 e. The van der Waals surface area contributed by atoms with Crippen LogP contribution in [0.4, 0.5) is 0 Å². The molecule has 0 aromatic heterocycles. The second-order valence-corrected chi connectivity index (χ2v) is 9.32. The summed E-state index contributed by atoms with van der Waals surface area (Å²) in [4.78, 5) is 1.45. The van der Waals surface area contributed by atoms with Crippen LogP contribution in [0.2, 0.25) is 0 Å². The van der Waals surface area contributed by atoms with Crippen molar-refractivity contribution < 1.29 is 17.2 Å². The van der Waals surface area contributed by atoms with Crippen molar-refractivity contribution in [2.75, 3.05) is 6.26 Å². The molecule has 0 bridgehead atoms. The van der Waals surface area contributed by atoms with Crippen LogP contribution in [-0.2, 0) is 37.8 Å². The van der Waals surface area contributed by atoms with Crippen molar-refractivity contribution in [2.45, 2.75) is 24.2 Å². The average molecular weight is 417 g/mol. The second kappa shape index (κ2) is 11.0. The number of hydrogen-bond donors (Lipinski definition) is 0. The monoisotopic (exact) mass is 416 g/mol. The van der Waals surface area contributed by atoms with Crippen LogP contribution in [0, 0.1) is 6.92 Å². The first-order chi connectivity index (χ1) is 13.3. The third-order valence-electron chi connectivity index (χ3n) is 3.86. The van der Waals surface area contributed by atoms with Gasteiger partial charge in [-0.3, -0.25) is 4.18 Å². The lowest BCUT2D eigenvalue weighted by Crippen LogP contribution is -2.03. The topological polar surface area (TPSA) is 66.4 Å². The van der Waals surface area contributed by atoms with Crippen LogP contribution in [0.5, 0.6) is 0 Å². The third kappa shape index (κ3) is 8.71. The van der Waals surface area contributed by atoms with Gasteiger partial charge in [-0.2, -0.15) is 0 Å². The molecular formula is C22H24O4S2. The highest BCUT2D eigenvalue weighted by atomic mass is 32.3. The van der Waals surface area contributed by atoms with Gasteiger partial charge in [0.1, 0.15) is 12.0 Å². The summed E-state index contributed by atoms with van der Waals surface area (Å²) in [6.07, 6.45) is 2.32. The molecule has 0 radical (unpaired) electrons. The molecule has 148 valence electrons. The van der Waals surface area contributed by atoms with E-state index in [-0.39, 0.29) is 6.61 Å². The molecule has 3 aromatic carbocycles. The molecule has 3 aromatic rings. The lowest BCUT2D eigenvalue weighted by atomic mass is 10.2. The molecule has 0 aliphatic carbocycles. The summed E-state index contributed by atoms with van der Waals surface area (Å²) in [5, 5.41) is 0. The molecule has 6 heteroatoms. The highest BCUT2D eigenvalue weighted by molar-refractivity contribution is 7.95. The van der Waals surface area contributed by atoms with Crippen molar-refractivity contribution in [3.05, 3.63) is 102 Å². The highest BCUT2D eigenvalue weighted by Crippen LogP contribution is 2.17. The largest absolute Gasteiger partial charge is 0.726 e. The fourth-order valence-electron chi connectivity index (χ4n) is 2.39. The molecule has 28 heavy (non-hydrogen) atoms. The SMILES string of the molecule is Cc1ccc([S+](C)Cc2ccccc2)cc1.O=S(=O)([O-])OCc1ccccc1. The molecule has 0 amide bonds. The maximum absolute atomic E-state index is 10.0. The lowest BCUT2D eigenvalue weighted by molar-refractivity contribution is 0.253. The maximum atomic E-state index is 10.0. The van der Waals surface area contributed by atoms with E-state index in [0.29, 0.717) is 16.5 Å². The van der Waals surface area contributed by atoms with E-state index < -0.39 is 10.4 Å². The van der Waals surface area contributed by atoms with Gasteiger partial charge in [-0.25, -0.2) is 8.42 Å². The molecule has 0 heterocycles. The van der Waals surface area contributed by atoms with Crippen molar-refractivity contribution in [1.82, 2.24) is 0 Å². The summed E-state index contributed by atoms with van der Waals surface area (Å²) >= 11 is 0. The zero-order valence-electron chi connectivity index (χ0n) is 15.9. The van der Waals surface area contributed by atoms with Crippen LogP contribution in [0.25, 0.3) is 0 Å². The Balaban J connectivity index is 0.000000209. The molecule has 0 aliphatic heterocycles. The van der Waals surface area contributed by atoms with E-state index in [1.54, 1.807) is 30.3 Å². The normalized spacial score (nSPS) is 12.0. The molecule has 0 N–H and O–H groups in total. The summed E-state index contributed by atoms with van der Waals surface area (Å²) in [6, 6.07) is 28.2. The van der Waals surface area contributed by atoms with Gasteiger partial charge in [-0.15, -0.1) is 0 Å². The predicted octanol–water partition coefficient (Wildman–Crippen LogP) is 4.47. The van der Waals surface area contributed by atoms with Crippen LogP contribution in [0.3, 0.4) is 0 Å². The number of aryl methyl sites for hydroxylation is 1. The van der Waals surface area contributed by atoms with Gasteiger partial charge in [0.15, 0.2) is 4.90 Å². The molecule has 0 spiro atoms. The van der Waals surface area contributed by atoms with E-state index in [2.05, 4.69) is 72.0 Å². The molecule has 1 atom stereocenters. The fraction of sp³-hybridized carbons (Fsp3) is 0.182. The first-order valence-corrected chi connectivity index (χ1v) is 11.8. The van der Waals surface area contributed by atoms with Gasteiger partial charge in [0.2, 0.25) is 10.4 Å². The lowest BCUT2D eigenvalue weighted by Gasteiger charge is -2.06. The van der Waals surface area contributed by atoms with Crippen molar-refractivity contribution in [2.24, 2.45) is 0 Å². The third-order valence-corrected chi connectivity index (χ3v) is 6.11. The summed E-state index contributed by atoms with van der Waals surface area (Å²) < 4.78 is 34.1. The summed E-state index contributed by atoms with van der Waals surface area (Å²) in [7, 11) is -4.26. The zero-order chi connectivity index (χ0) is 20.4. The van der Waals surface area contributed by atoms with E-state index in [9.17, 15) is 13.0 Å². The number of rotatable bonds is 6. The van der Waals surface area contributed by atoms with Crippen molar-refractivity contribution in [3.8, 4) is 0 Å². The Morgan fingerprint density at radius 3 is 1.82 bits per heavy atom. The fourth-order valence-corrected chi connectivity index (χ4v) is 4.13. The Kier molecular flexibility index (Phi) is 8.73. The van der Waals surface area contributed by atoms with Crippen molar-refractivity contribution >= 4 is 21.3 Å². The van der Waals surface area contributed by atoms with Crippen LogP contribution in [0.1, 0.15) is 16.7 Å². The quantitative estimate of drug-likeness (QED) is 0.338. The Morgan fingerprint density at radius 1 is 0.821 bits per heavy atom. The molecular weight excluding hydrogens is 392 g/mol. The second-order valence-electron chi connectivity index (χ2n) is 6.24. The van der Waals surface area contributed by atoms with Gasteiger partial charge < -0.3 is 4.55 Å². The van der Waals surface area contributed by atoms with Gasteiger partial charge in [-0.05, 0) is 24.6 Å². The van der Waals surface area contributed by atoms with Crippen LogP contribution < -0.4 is 0 Å². The molecule has 0 saturated heterocycles. The number of benzene rings is 3. The Bertz CT molecular complexity index is 925. The molecule has 0 saturated carbocycles. The standard InChI is InChI=1S/C15H17S.C7H8O4S/c1-13-8-10-15(11-9-13)16(2)12-14-6-4-3-5-7-14;8-12(9,10)11-6-7-4-2-1-3-5-7/h3-11H,12H2,1-2H3;1-5H,6H2,(H,8,9,10)/q+1;/p-1. The average Bonchev–Trinajstić information content (AvgIpc) is 2.68. The van der Waals surface area contributed by atoms with Crippen LogP contribution >= 0.6 is 0 Å². The van der Waals surface area contributed by atoms with Crippen molar-refractivity contribution in [1.29, 1.82) is 0 Å². The highest BCUT2D eigenvalue weighted by Gasteiger charge is 2.15. The Labute approximate surface area is 170 Å². The Morgan fingerprint density at radius 2 is 1.32 bits per heavy atom. The molecule has 0 fully saturated rings. The summed E-state index contributed by atoms with van der Waals surface area (Å²) in [5.41, 5.74) is 3.41. The number of hydrogen-bond acceptors (Lipinski definition) is 4. The van der Waals surface area contributed by atoms with Crippen molar-refractivity contribution in [3.63, 3.8) is 0 Å². The van der Waals surface area contributed by atoms with E-state index >= 15 is 0 Å². The minimum Gasteiger partial charge on any atom is -0.726 e. The minimum atomic E-state index is -4.57. The molecule has 4 nitrogen and oxygen atoms in total. The van der Waals surface area contributed by atoms with Gasteiger partial charge in [-0.1, -0.05) is 78.4 Å². The minimum absolute atomic E-state index is 0.202. The predicted molar refractivity (Wildman–Crippen MR) is 114 cm³/mol. The van der Waals surface area contributed by atoms with E-state index in [4.69, 9.17) is 0 Å². The summed E-state index contributed by atoms with van der Waals surface area (Å²) in [5.74, 6) is 1.14. The van der Waals surface area contributed by atoms with Gasteiger partial charge >= 0.3 is 0 Å². The van der Waals surface area contributed by atoms with E-state index in [0.717, 1.165) is 5.75 Å². The van der Waals surface area contributed by atoms with Gasteiger partial charge in [0.25, 0.3) is 0 Å². The smallest absolute Gasteiger partial charge is 0.217 e. The van der Waals surface area contributed by atoms with E-state index in [1.165, 1.54) is 16.0 Å². The first-order valence-electron chi connectivity index (χ1n) is 8.71. The summed E-state index contributed by atoms with van der Waals surface area (Å²) in [6.45, 7) is 1.93.